The zero-order chi connectivity index (χ0) is 47.2. The summed E-state index contributed by atoms with van der Waals surface area (Å²) in [5.41, 5.74) is 25.3. The molecule has 0 amide bonds. The first-order chi connectivity index (χ1) is 32.5. The Hall–Kier alpha value is -7.04. The average Bonchev–Trinajstić information content (AvgIpc) is 3.83. The van der Waals surface area contributed by atoms with Gasteiger partial charge in [-0.15, -0.1) is 0 Å². The molecule has 0 unspecified atom stereocenters. The summed E-state index contributed by atoms with van der Waals surface area (Å²) in [4.78, 5) is 2.60. The molecule has 2 aliphatic heterocycles. The highest BCUT2D eigenvalue weighted by atomic mass is 15.2. The molecular weight excluding hydrogens is 822 g/mol. The molecule has 0 fully saturated rings. The molecule has 4 heterocycles. The molecule has 0 N–H and O–H groups in total. The minimum Gasteiger partial charge on any atom is -0.375 e. The monoisotopic (exact) mass is 881 g/mol. The molecule has 68 heavy (non-hydrogen) atoms. The molecule has 10 aromatic rings. The summed E-state index contributed by atoms with van der Waals surface area (Å²) in [6.07, 6.45) is 0. The summed E-state index contributed by atoms with van der Waals surface area (Å²) in [5, 5.41) is 3.83. The number of hydrogen-bond acceptors (Lipinski definition) is 1. The van der Waals surface area contributed by atoms with Crippen molar-refractivity contribution in [3.8, 4) is 39.2 Å². The second kappa shape index (κ2) is 14.7. The topological polar surface area (TPSA) is 13.1 Å². The second-order valence-electron chi connectivity index (χ2n) is 22.7. The van der Waals surface area contributed by atoms with Gasteiger partial charge in [0.15, 0.2) is 0 Å². The van der Waals surface area contributed by atoms with E-state index in [2.05, 4.69) is 254 Å². The van der Waals surface area contributed by atoms with Crippen LogP contribution >= 0.6 is 0 Å². The van der Waals surface area contributed by atoms with Crippen LogP contribution in [0.5, 0.6) is 0 Å². The van der Waals surface area contributed by atoms with Crippen molar-refractivity contribution in [3.05, 3.63) is 192 Å². The third-order valence-electron chi connectivity index (χ3n) is 15.2. The van der Waals surface area contributed by atoms with E-state index in [1.165, 1.54) is 122 Å². The SMILES string of the molecule is Cc1cccc(C)c1-c1c(-c2ccccc2)n2c3c(cc4c5ccccc5n(-c5ccccc5)c4c13)-c1cc(C(C)(C)C)cc3c1B2c1cc(C(C)(C)C)ccc1N3c1ccc(C(C)(C)C)cc1. The molecule has 2 aromatic heterocycles. The van der Waals surface area contributed by atoms with Gasteiger partial charge in [0.1, 0.15) is 0 Å². The lowest BCUT2D eigenvalue weighted by Gasteiger charge is -2.42. The van der Waals surface area contributed by atoms with Crippen LogP contribution in [0.15, 0.2) is 164 Å². The fourth-order valence-electron chi connectivity index (χ4n) is 11.7. The molecule has 0 saturated heterocycles. The first-order valence-electron chi connectivity index (χ1n) is 24.6. The summed E-state index contributed by atoms with van der Waals surface area (Å²) in [5.74, 6) is 0. The molecule has 0 bridgehead atoms. The molecule has 3 nitrogen and oxygen atoms in total. The number of para-hydroxylation sites is 2. The van der Waals surface area contributed by atoms with Crippen LogP contribution in [0.2, 0.25) is 0 Å². The Bertz CT molecular complexity index is 3660. The molecular formula is C64H60BN3. The number of hydrogen-bond donors (Lipinski definition) is 0. The van der Waals surface area contributed by atoms with Crippen LogP contribution in [0.1, 0.15) is 90.1 Å². The highest BCUT2D eigenvalue weighted by Gasteiger charge is 2.46. The van der Waals surface area contributed by atoms with E-state index in [1.54, 1.807) is 0 Å². The van der Waals surface area contributed by atoms with Gasteiger partial charge < -0.3 is 13.9 Å². The molecule has 2 aliphatic rings. The standard InChI is InChI=1S/C64H60BN3/c1-39-21-20-22-40(2)55(39)56-57-60-49(47-27-18-19-28-52(47)67(60)45-25-16-13-17-26-45)38-50-48-35-44(64(9,10)11)37-54-58(48)65(68(61(50)57)59(56)41-23-14-12-15-24-41)51-36-43(63(6,7)8)31-34-53(51)66(54)46-32-29-42(30-33-46)62(3,4)5/h12-38H,1-11H3. The predicted octanol–water partition coefficient (Wildman–Crippen LogP) is 16.0. The smallest absolute Gasteiger partial charge is 0.333 e. The third kappa shape index (κ3) is 6.19. The van der Waals surface area contributed by atoms with Gasteiger partial charge in [-0.2, -0.15) is 0 Å². The average molecular weight is 882 g/mol. The number of benzene rings is 8. The highest BCUT2D eigenvalue weighted by molar-refractivity contribution is 6.90. The van der Waals surface area contributed by atoms with Crippen molar-refractivity contribution in [2.45, 2.75) is 92.4 Å². The van der Waals surface area contributed by atoms with Crippen molar-refractivity contribution in [1.29, 1.82) is 0 Å². The van der Waals surface area contributed by atoms with E-state index in [1.807, 2.05) is 0 Å². The van der Waals surface area contributed by atoms with Gasteiger partial charge in [-0.05, 0) is 134 Å². The normalized spacial score (nSPS) is 13.5. The zero-order valence-corrected chi connectivity index (χ0v) is 41.5. The number of rotatable bonds is 4. The Morgan fingerprint density at radius 3 is 1.72 bits per heavy atom. The zero-order valence-electron chi connectivity index (χ0n) is 41.5. The van der Waals surface area contributed by atoms with Crippen LogP contribution in [0, 0.1) is 13.8 Å². The molecule has 0 spiro atoms. The lowest BCUT2D eigenvalue weighted by molar-refractivity contribution is 0.590. The molecule has 334 valence electrons. The predicted molar refractivity (Wildman–Crippen MR) is 293 cm³/mol. The minimum absolute atomic E-state index is 0.0375. The van der Waals surface area contributed by atoms with Gasteiger partial charge in [-0.25, -0.2) is 0 Å². The van der Waals surface area contributed by atoms with Crippen molar-refractivity contribution in [1.82, 2.24) is 9.05 Å². The fourth-order valence-corrected chi connectivity index (χ4v) is 11.7. The van der Waals surface area contributed by atoms with E-state index in [4.69, 9.17) is 0 Å². The summed E-state index contributed by atoms with van der Waals surface area (Å²) >= 11 is 0. The Morgan fingerprint density at radius 2 is 1.06 bits per heavy atom. The summed E-state index contributed by atoms with van der Waals surface area (Å²) in [6.45, 7) is 25.6. The van der Waals surface area contributed by atoms with Crippen LogP contribution in [0.4, 0.5) is 17.1 Å². The van der Waals surface area contributed by atoms with Crippen LogP contribution in [0.25, 0.3) is 71.9 Å². The van der Waals surface area contributed by atoms with E-state index in [9.17, 15) is 0 Å². The molecule has 4 heteroatoms. The lowest BCUT2D eigenvalue weighted by atomic mass is 9.44. The van der Waals surface area contributed by atoms with Crippen LogP contribution in [0.3, 0.4) is 0 Å². The van der Waals surface area contributed by atoms with E-state index < -0.39 is 0 Å². The summed E-state index contributed by atoms with van der Waals surface area (Å²) in [7, 11) is 0. The molecule has 0 atom stereocenters. The minimum atomic E-state index is -0.133. The maximum Gasteiger partial charge on any atom is 0.333 e. The fraction of sp³-hybridized carbons (Fsp3) is 0.219. The summed E-state index contributed by atoms with van der Waals surface area (Å²) in [6, 6.07) is 62.7. The van der Waals surface area contributed by atoms with Gasteiger partial charge in [0.25, 0.3) is 0 Å². The van der Waals surface area contributed by atoms with E-state index in [0.717, 1.165) is 5.69 Å². The first kappa shape index (κ1) is 42.3. The molecule has 0 radical (unpaired) electrons. The van der Waals surface area contributed by atoms with E-state index in [0.29, 0.717) is 0 Å². The molecule has 0 saturated carbocycles. The highest BCUT2D eigenvalue weighted by Crippen LogP contribution is 2.54. The van der Waals surface area contributed by atoms with Crippen molar-refractivity contribution in [2.24, 2.45) is 0 Å². The van der Waals surface area contributed by atoms with Crippen LogP contribution < -0.4 is 15.8 Å². The maximum absolute atomic E-state index is 2.81. The Labute approximate surface area is 402 Å². The van der Waals surface area contributed by atoms with Gasteiger partial charge in [0.2, 0.25) is 0 Å². The number of nitrogens with zero attached hydrogens (tertiary/aromatic N) is 3. The number of fused-ring (bicyclic) bond motifs is 8. The van der Waals surface area contributed by atoms with Gasteiger partial charge >= 0.3 is 6.85 Å². The molecule has 0 aliphatic carbocycles. The Morgan fingerprint density at radius 1 is 0.441 bits per heavy atom. The van der Waals surface area contributed by atoms with E-state index in [-0.39, 0.29) is 23.1 Å². The Kier molecular flexibility index (Phi) is 9.17. The lowest BCUT2D eigenvalue weighted by Crippen LogP contribution is -2.57. The number of anilines is 3. The van der Waals surface area contributed by atoms with Gasteiger partial charge in [0, 0.05) is 61.2 Å². The van der Waals surface area contributed by atoms with E-state index >= 15 is 0 Å². The van der Waals surface area contributed by atoms with Crippen LogP contribution in [-0.2, 0) is 16.2 Å². The van der Waals surface area contributed by atoms with Crippen molar-refractivity contribution < 1.29 is 0 Å². The Balaban J connectivity index is 1.36. The maximum atomic E-state index is 2.81. The van der Waals surface area contributed by atoms with Gasteiger partial charge in [-0.3, -0.25) is 0 Å². The van der Waals surface area contributed by atoms with Crippen LogP contribution in [-0.4, -0.2) is 15.9 Å². The number of aryl methyl sites for hydroxylation is 2. The second-order valence-corrected chi connectivity index (χ2v) is 22.7. The third-order valence-corrected chi connectivity index (χ3v) is 15.2. The van der Waals surface area contributed by atoms with Crippen molar-refractivity contribution >= 4 is 67.5 Å². The summed E-state index contributed by atoms with van der Waals surface area (Å²) < 4.78 is 5.36. The molecule has 12 rings (SSSR count). The van der Waals surface area contributed by atoms with Crippen molar-refractivity contribution in [2.75, 3.05) is 4.90 Å². The largest absolute Gasteiger partial charge is 0.375 e. The number of aromatic nitrogens is 2. The van der Waals surface area contributed by atoms with Crippen molar-refractivity contribution in [3.63, 3.8) is 0 Å². The molecule has 8 aromatic carbocycles. The quantitative estimate of drug-likeness (QED) is 0.161. The van der Waals surface area contributed by atoms with Gasteiger partial charge in [-0.1, -0.05) is 178 Å². The van der Waals surface area contributed by atoms with Gasteiger partial charge in [0.05, 0.1) is 11.0 Å². The first-order valence-corrected chi connectivity index (χ1v) is 24.6.